The Labute approximate surface area is 122 Å². The molecule has 5 N–H and O–H groups in total. The first kappa shape index (κ1) is 16.6. The van der Waals surface area contributed by atoms with Crippen LogP contribution in [-0.2, 0) is 10.0 Å². The summed E-state index contributed by atoms with van der Waals surface area (Å²) in [5, 5.41) is 0. The molecule has 0 saturated heterocycles. The van der Waals surface area contributed by atoms with Gasteiger partial charge >= 0.3 is 0 Å². The standard InChI is InChI=1S/C8H14N4O2S2.HI/c1-6-2-3-7(15-6)16(13,14)12-5-4-11-8(9)10;/h2-3,12H,4-5H2,1H3,(H4,9,10,11);1H. The van der Waals surface area contributed by atoms with E-state index >= 15 is 0 Å². The molecule has 0 atom stereocenters. The smallest absolute Gasteiger partial charge is 0.250 e. The summed E-state index contributed by atoms with van der Waals surface area (Å²) in [6.45, 7) is 2.26. The summed E-state index contributed by atoms with van der Waals surface area (Å²) in [4.78, 5) is 4.62. The van der Waals surface area contributed by atoms with Crippen molar-refractivity contribution in [1.29, 1.82) is 0 Å². The van der Waals surface area contributed by atoms with Gasteiger partial charge in [-0.2, -0.15) is 0 Å². The SMILES string of the molecule is Cc1ccc(S(=O)(=O)NCCN=C(N)N)s1.I. The third kappa shape index (κ3) is 5.66. The molecule has 0 bridgehead atoms. The summed E-state index contributed by atoms with van der Waals surface area (Å²) in [6, 6.07) is 3.33. The molecule has 0 amide bonds. The van der Waals surface area contributed by atoms with E-state index in [-0.39, 0.29) is 43.0 Å². The largest absolute Gasteiger partial charge is 0.370 e. The van der Waals surface area contributed by atoms with Crippen LogP contribution >= 0.6 is 35.3 Å². The van der Waals surface area contributed by atoms with Crippen LogP contribution in [0.25, 0.3) is 0 Å². The fourth-order valence-corrected chi connectivity index (χ4v) is 3.34. The Bertz CT molecular complexity index is 479. The first-order chi connectivity index (χ1) is 7.42. The average Bonchev–Trinajstić information content (AvgIpc) is 2.60. The summed E-state index contributed by atoms with van der Waals surface area (Å²) in [5.41, 5.74) is 10.2. The topological polar surface area (TPSA) is 111 Å². The van der Waals surface area contributed by atoms with E-state index in [1.54, 1.807) is 12.1 Å². The summed E-state index contributed by atoms with van der Waals surface area (Å²) in [7, 11) is -3.42. The monoisotopic (exact) mass is 390 g/mol. The van der Waals surface area contributed by atoms with Gasteiger partial charge in [0, 0.05) is 11.4 Å². The first-order valence-electron chi connectivity index (χ1n) is 4.53. The molecule has 1 aromatic rings. The van der Waals surface area contributed by atoms with Crippen LogP contribution < -0.4 is 16.2 Å². The number of guanidine groups is 1. The zero-order valence-corrected chi connectivity index (χ0v) is 13.2. The third-order valence-electron chi connectivity index (χ3n) is 1.68. The Morgan fingerprint density at radius 2 is 2.12 bits per heavy atom. The predicted octanol–water partition coefficient (Wildman–Crippen LogP) is 0.226. The van der Waals surface area contributed by atoms with Gasteiger partial charge in [0.15, 0.2) is 5.96 Å². The van der Waals surface area contributed by atoms with E-state index in [4.69, 9.17) is 11.5 Å². The molecule has 6 nitrogen and oxygen atoms in total. The van der Waals surface area contributed by atoms with E-state index in [0.717, 1.165) is 4.88 Å². The Kier molecular flexibility index (Phi) is 6.97. The van der Waals surface area contributed by atoms with Crippen LogP contribution in [0.4, 0.5) is 0 Å². The summed E-state index contributed by atoms with van der Waals surface area (Å²) in [6.07, 6.45) is 0. The Morgan fingerprint density at radius 1 is 1.47 bits per heavy atom. The lowest BCUT2D eigenvalue weighted by Crippen LogP contribution is -2.28. The van der Waals surface area contributed by atoms with Gasteiger partial charge in [-0.05, 0) is 19.1 Å². The van der Waals surface area contributed by atoms with Crippen LogP contribution in [0.2, 0.25) is 0 Å². The van der Waals surface area contributed by atoms with Gasteiger partial charge in [0.05, 0.1) is 6.54 Å². The minimum absolute atomic E-state index is 0. The van der Waals surface area contributed by atoms with Gasteiger partial charge in [-0.3, -0.25) is 4.99 Å². The molecular weight excluding hydrogens is 375 g/mol. The lowest BCUT2D eigenvalue weighted by atomic mass is 10.5. The van der Waals surface area contributed by atoms with E-state index in [1.807, 2.05) is 6.92 Å². The van der Waals surface area contributed by atoms with Crippen molar-refractivity contribution in [1.82, 2.24) is 4.72 Å². The third-order valence-corrected chi connectivity index (χ3v) is 4.63. The number of aliphatic imine (C=N–C) groups is 1. The van der Waals surface area contributed by atoms with E-state index < -0.39 is 10.0 Å². The number of rotatable bonds is 5. The maximum Gasteiger partial charge on any atom is 0.250 e. The number of halogens is 1. The molecule has 1 heterocycles. The minimum atomic E-state index is -3.42. The second-order valence-corrected chi connectivity index (χ2v) is 6.35. The van der Waals surface area contributed by atoms with Gasteiger partial charge in [-0.15, -0.1) is 35.3 Å². The van der Waals surface area contributed by atoms with Gasteiger partial charge in [-0.25, -0.2) is 13.1 Å². The quantitative estimate of drug-likeness (QED) is 0.289. The van der Waals surface area contributed by atoms with Crippen molar-refractivity contribution < 1.29 is 8.42 Å². The number of nitrogens with one attached hydrogen (secondary N) is 1. The lowest BCUT2D eigenvalue weighted by molar-refractivity contribution is 0.584. The summed E-state index contributed by atoms with van der Waals surface area (Å²) in [5.74, 6) is -0.0498. The van der Waals surface area contributed by atoms with E-state index in [9.17, 15) is 8.42 Å². The highest BCUT2D eigenvalue weighted by atomic mass is 127. The molecule has 98 valence electrons. The molecule has 0 radical (unpaired) electrons. The molecular formula is C8H15IN4O2S2. The van der Waals surface area contributed by atoms with Gasteiger partial charge in [0.2, 0.25) is 10.0 Å². The number of nitrogens with zero attached hydrogens (tertiary/aromatic N) is 1. The maximum atomic E-state index is 11.7. The van der Waals surface area contributed by atoms with E-state index in [1.165, 1.54) is 11.3 Å². The van der Waals surface area contributed by atoms with E-state index in [2.05, 4.69) is 9.71 Å². The van der Waals surface area contributed by atoms with Gasteiger partial charge in [0.1, 0.15) is 4.21 Å². The van der Waals surface area contributed by atoms with Crippen molar-refractivity contribution in [3.05, 3.63) is 17.0 Å². The van der Waals surface area contributed by atoms with Crippen molar-refractivity contribution in [3.63, 3.8) is 0 Å². The number of sulfonamides is 1. The minimum Gasteiger partial charge on any atom is -0.370 e. The van der Waals surface area contributed by atoms with Crippen LogP contribution in [0.3, 0.4) is 0 Å². The highest BCUT2D eigenvalue weighted by Gasteiger charge is 2.14. The molecule has 0 saturated carbocycles. The molecule has 0 aliphatic carbocycles. The molecule has 0 aliphatic rings. The van der Waals surface area contributed by atoms with Crippen LogP contribution in [0, 0.1) is 6.92 Å². The molecule has 1 aromatic heterocycles. The summed E-state index contributed by atoms with van der Waals surface area (Å²) >= 11 is 1.22. The zero-order chi connectivity index (χ0) is 12.2. The fraction of sp³-hybridized carbons (Fsp3) is 0.375. The van der Waals surface area contributed by atoms with Gasteiger partial charge < -0.3 is 11.5 Å². The maximum absolute atomic E-state index is 11.7. The molecule has 0 unspecified atom stereocenters. The number of thiophene rings is 1. The highest BCUT2D eigenvalue weighted by Crippen LogP contribution is 2.19. The Morgan fingerprint density at radius 3 is 2.59 bits per heavy atom. The molecule has 1 rings (SSSR count). The van der Waals surface area contributed by atoms with Crippen LogP contribution in [0.5, 0.6) is 0 Å². The highest BCUT2D eigenvalue weighted by molar-refractivity contribution is 14.0. The van der Waals surface area contributed by atoms with Crippen molar-refractivity contribution in [2.24, 2.45) is 16.5 Å². The molecule has 0 fully saturated rings. The number of aryl methyl sites for hydroxylation is 1. The van der Waals surface area contributed by atoms with Gasteiger partial charge in [0.25, 0.3) is 0 Å². The second kappa shape index (κ2) is 7.13. The van der Waals surface area contributed by atoms with Gasteiger partial charge in [-0.1, -0.05) is 0 Å². The Balaban J connectivity index is 0.00000256. The van der Waals surface area contributed by atoms with Crippen LogP contribution in [-0.4, -0.2) is 27.5 Å². The lowest BCUT2D eigenvalue weighted by Gasteiger charge is -2.02. The van der Waals surface area contributed by atoms with E-state index in [0.29, 0.717) is 4.21 Å². The molecule has 9 heteroatoms. The number of nitrogens with two attached hydrogens (primary N) is 2. The molecule has 0 aliphatic heterocycles. The molecule has 0 aromatic carbocycles. The normalized spacial score (nSPS) is 10.6. The Hall–Kier alpha value is -0.390. The second-order valence-electron chi connectivity index (χ2n) is 3.07. The number of hydrogen-bond donors (Lipinski definition) is 3. The first-order valence-corrected chi connectivity index (χ1v) is 6.83. The zero-order valence-electron chi connectivity index (χ0n) is 9.21. The summed E-state index contributed by atoms with van der Waals surface area (Å²) < 4.78 is 26.1. The fourth-order valence-electron chi connectivity index (χ4n) is 0.993. The van der Waals surface area contributed by atoms with Crippen LogP contribution in [0.1, 0.15) is 4.88 Å². The number of hydrogen-bond acceptors (Lipinski definition) is 4. The predicted molar refractivity (Wildman–Crippen MR) is 80.3 cm³/mol. The molecule has 0 spiro atoms. The van der Waals surface area contributed by atoms with Crippen molar-refractivity contribution in [3.8, 4) is 0 Å². The van der Waals surface area contributed by atoms with Crippen molar-refractivity contribution in [2.75, 3.05) is 13.1 Å². The van der Waals surface area contributed by atoms with Crippen LogP contribution in [0.15, 0.2) is 21.3 Å². The average molecular weight is 390 g/mol. The van der Waals surface area contributed by atoms with Crippen molar-refractivity contribution in [2.45, 2.75) is 11.1 Å². The molecule has 17 heavy (non-hydrogen) atoms. The van der Waals surface area contributed by atoms with Crippen molar-refractivity contribution >= 4 is 51.3 Å².